The fourth-order valence-corrected chi connectivity index (χ4v) is 1.56. The molecule has 0 fully saturated rings. The van der Waals surface area contributed by atoms with Crippen LogP contribution in [0.25, 0.3) is 0 Å². The first-order valence-corrected chi connectivity index (χ1v) is 4.55. The van der Waals surface area contributed by atoms with Crippen molar-refractivity contribution >= 4 is 17.7 Å². The lowest BCUT2D eigenvalue weighted by Gasteiger charge is -2.04. The van der Waals surface area contributed by atoms with Crippen LogP contribution in [0, 0.1) is 0 Å². The predicted octanol–water partition coefficient (Wildman–Crippen LogP) is 1.21. The molecular formula is C8H9NO2S. The van der Waals surface area contributed by atoms with Crippen molar-refractivity contribution in [3.05, 3.63) is 23.8 Å². The van der Waals surface area contributed by atoms with Crippen LogP contribution in [0.4, 0.5) is 0 Å². The first kappa shape index (κ1) is 8.93. The number of nitrogens with two attached hydrogens (primary N) is 1. The molecule has 0 saturated heterocycles. The Kier molecular flexibility index (Phi) is 2.60. The molecule has 0 aliphatic carbocycles. The molecule has 0 aromatic heterocycles. The number of carbonyl (C=O) groups is 1. The van der Waals surface area contributed by atoms with Gasteiger partial charge >= 0.3 is 0 Å². The highest BCUT2D eigenvalue weighted by Gasteiger charge is 2.11. The van der Waals surface area contributed by atoms with Crippen LogP contribution in [0.1, 0.15) is 10.4 Å². The third kappa shape index (κ3) is 1.53. The summed E-state index contributed by atoms with van der Waals surface area (Å²) in [6.45, 7) is 0. The summed E-state index contributed by atoms with van der Waals surface area (Å²) in [7, 11) is 0. The second kappa shape index (κ2) is 3.49. The summed E-state index contributed by atoms with van der Waals surface area (Å²) in [5.74, 6) is -0.660. The minimum atomic E-state index is -0.600. The van der Waals surface area contributed by atoms with Gasteiger partial charge in [-0.05, 0) is 18.4 Å². The summed E-state index contributed by atoms with van der Waals surface area (Å²) in [5.41, 5.74) is 5.28. The van der Waals surface area contributed by atoms with Crippen molar-refractivity contribution in [2.24, 2.45) is 5.73 Å². The van der Waals surface area contributed by atoms with Crippen LogP contribution in [0.15, 0.2) is 23.1 Å². The highest BCUT2D eigenvalue weighted by atomic mass is 32.2. The maximum Gasteiger partial charge on any atom is 0.253 e. The third-order valence-corrected chi connectivity index (χ3v) is 2.25. The van der Waals surface area contributed by atoms with E-state index in [1.807, 2.05) is 6.26 Å². The molecule has 0 unspecified atom stereocenters. The summed E-state index contributed by atoms with van der Waals surface area (Å²) in [6, 6.07) is 4.86. The minimum Gasteiger partial charge on any atom is -0.507 e. The van der Waals surface area contributed by atoms with Crippen molar-refractivity contribution in [3.8, 4) is 5.75 Å². The van der Waals surface area contributed by atoms with Crippen LogP contribution < -0.4 is 5.73 Å². The lowest BCUT2D eigenvalue weighted by Crippen LogP contribution is -2.12. The normalized spacial score (nSPS) is 9.75. The predicted molar refractivity (Wildman–Crippen MR) is 48.4 cm³/mol. The molecule has 0 radical (unpaired) electrons. The van der Waals surface area contributed by atoms with Crippen LogP contribution in [0.5, 0.6) is 5.75 Å². The molecule has 64 valence electrons. The molecular weight excluding hydrogens is 174 g/mol. The smallest absolute Gasteiger partial charge is 0.253 e. The number of primary amides is 1. The van der Waals surface area contributed by atoms with E-state index < -0.39 is 5.91 Å². The van der Waals surface area contributed by atoms with Gasteiger partial charge in [-0.2, -0.15) is 0 Å². The van der Waals surface area contributed by atoms with Gasteiger partial charge < -0.3 is 10.8 Å². The van der Waals surface area contributed by atoms with Gasteiger partial charge in [0, 0.05) is 4.90 Å². The Morgan fingerprint density at radius 2 is 2.25 bits per heavy atom. The van der Waals surface area contributed by atoms with Gasteiger partial charge in [0.2, 0.25) is 0 Å². The Hall–Kier alpha value is -1.16. The lowest BCUT2D eigenvalue weighted by atomic mass is 10.2. The number of phenols is 1. The van der Waals surface area contributed by atoms with E-state index in [0.29, 0.717) is 4.90 Å². The van der Waals surface area contributed by atoms with Gasteiger partial charge in [-0.1, -0.05) is 6.07 Å². The van der Waals surface area contributed by atoms with Crippen molar-refractivity contribution < 1.29 is 9.90 Å². The first-order chi connectivity index (χ1) is 5.66. The topological polar surface area (TPSA) is 63.3 Å². The monoisotopic (exact) mass is 183 g/mol. The molecule has 0 aliphatic rings. The summed E-state index contributed by atoms with van der Waals surface area (Å²) in [4.78, 5) is 11.5. The van der Waals surface area contributed by atoms with E-state index in [1.165, 1.54) is 17.8 Å². The number of hydrogen-bond donors (Lipinski definition) is 2. The van der Waals surface area contributed by atoms with Crippen molar-refractivity contribution in [3.63, 3.8) is 0 Å². The van der Waals surface area contributed by atoms with Crippen molar-refractivity contribution in [2.75, 3.05) is 6.26 Å². The molecule has 0 atom stereocenters. The molecule has 1 amide bonds. The first-order valence-electron chi connectivity index (χ1n) is 3.32. The molecule has 0 saturated carbocycles. The van der Waals surface area contributed by atoms with Crippen LogP contribution in [0.3, 0.4) is 0 Å². The second-order valence-corrected chi connectivity index (χ2v) is 3.07. The van der Waals surface area contributed by atoms with Gasteiger partial charge in [0.15, 0.2) is 0 Å². The number of aromatic hydroxyl groups is 1. The van der Waals surface area contributed by atoms with Gasteiger partial charge in [-0.3, -0.25) is 4.79 Å². The molecule has 1 aromatic rings. The van der Waals surface area contributed by atoms with E-state index in [4.69, 9.17) is 5.73 Å². The van der Waals surface area contributed by atoms with Crippen molar-refractivity contribution in [1.29, 1.82) is 0 Å². The standard InChI is InChI=1S/C8H9NO2S/c1-12-6-4-2-3-5(10)7(6)8(9)11/h2-4,10H,1H3,(H2,9,11). The maximum atomic E-state index is 10.9. The number of hydrogen-bond acceptors (Lipinski definition) is 3. The molecule has 1 rings (SSSR count). The summed E-state index contributed by atoms with van der Waals surface area (Å²) < 4.78 is 0. The highest BCUT2D eigenvalue weighted by molar-refractivity contribution is 7.98. The highest BCUT2D eigenvalue weighted by Crippen LogP contribution is 2.26. The summed E-state index contributed by atoms with van der Waals surface area (Å²) in [5, 5.41) is 9.28. The van der Waals surface area contributed by atoms with E-state index in [-0.39, 0.29) is 11.3 Å². The molecule has 0 aliphatic heterocycles. The van der Waals surface area contributed by atoms with E-state index in [2.05, 4.69) is 0 Å². The quantitative estimate of drug-likeness (QED) is 0.677. The number of amides is 1. The molecule has 0 spiro atoms. The SMILES string of the molecule is CSc1cccc(O)c1C(N)=O. The molecule has 3 nitrogen and oxygen atoms in total. The van der Waals surface area contributed by atoms with Crippen LogP contribution in [0.2, 0.25) is 0 Å². The lowest BCUT2D eigenvalue weighted by molar-refractivity contribution is 0.0995. The van der Waals surface area contributed by atoms with Gasteiger partial charge in [0.25, 0.3) is 5.91 Å². The summed E-state index contributed by atoms with van der Waals surface area (Å²) >= 11 is 1.38. The van der Waals surface area contributed by atoms with E-state index >= 15 is 0 Å². The molecule has 0 bridgehead atoms. The van der Waals surface area contributed by atoms with Crippen LogP contribution >= 0.6 is 11.8 Å². The fraction of sp³-hybridized carbons (Fsp3) is 0.125. The average molecular weight is 183 g/mol. The number of carbonyl (C=O) groups excluding carboxylic acids is 1. The largest absolute Gasteiger partial charge is 0.507 e. The average Bonchev–Trinajstić information content (AvgIpc) is 2.03. The Bertz CT molecular complexity index is 312. The second-order valence-electron chi connectivity index (χ2n) is 2.22. The van der Waals surface area contributed by atoms with Gasteiger partial charge in [0.1, 0.15) is 5.75 Å². The number of rotatable bonds is 2. The molecule has 12 heavy (non-hydrogen) atoms. The Labute approximate surface area is 74.6 Å². The van der Waals surface area contributed by atoms with Crippen molar-refractivity contribution in [2.45, 2.75) is 4.90 Å². The summed E-state index contributed by atoms with van der Waals surface area (Å²) in [6.07, 6.45) is 1.82. The number of benzene rings is 1. The van der Waals surface area contributed by atoms with E-state index in [1.54, 1.807) is 12.1 Å². The van der Waals surface area contributed by atoms with Crippen molar-refractivity contribution in [1.82, 2.24) is 0 Å². The zero-order chi connectivity index (χ0) is 9.14. The van der Waals surface area contributed by atoms with E-state index in [9.17, 15) is 9.90 Å². The number of thioether (sulfide) groups is 1. The van der Waals surface area contributed by atoms with Crippen LogP contribution in [-0.2, 0) is 0 Å². The zero-order valence-corrected chi connectivity index (χ0v) is 7.39. The molecule has 1 aromatic carbocycles. The minimum absolute atomic E-state index is 0.0608. The van der Waals surface area contributed by atoms with Gasteiger partial charge in [-0.25, -0.2) is 0 Å². The maximum absolute atomic E-state index is 10.9. The Balaban J connectivity index is 3.29. The van der Waals surface area contributed by atoms with Crippen LogP contribution in [-0.4, -0.2) is 17.3 Å². The Morgan fingerprint density at radius 3 is 2.67 bits per heavy atom. The molecule has 0 heterocycles. The molecule has 4 heteroatoms. The molecule has 3 N–H and O–H groups in total. The van der Waals surface area contributed by atoms with Gasteiger partial charge in [0.05, 0.1) is 5.56 Å². The third-order valence-electron chi connectivity index (χ3n) is 1.47. The van der Waals surface area contributed by atoms with E-state index in [0.717, 1.165) is 0 Å². The fourth-order valence-electron chi connectivity index (χ4n) is 0.937. The Morgan fingerprint density at radius 1 is 1.58 bits per heavy atom. The zero-order valence-electron chi connectivity index (χ0n) is 6.57. The van der Waals surface area contributed by atoms with Gasteiger partial charge in [-0.15, -0.1) is 11.8 Å².